The van der Waals surface area contributed by atoms with Gasteiger partial charge in [0.05, 0.1) is 29.4 Å². The minimum atomic E-state index is -2.16. The van der Waals surface area contributed by atoms with Crippen molar-refractivity contribution in [1.82, 2.24) is 9.88 Å². The van der Waals surface area contributed by atoms with Gasteiger partial charge in [0.1, 0.15) is 22.9 Å². The van der Waals surface area contributed by atoms with Crippen molar-refractivity contribution in [3.63, 3.8) is 0 Å². The molecule has 1 amide bonds. The van der Waals surface area contributed by atoms with Crippen LogP contribution < -0.4 is 20.4 Å². The lowest BCUT2D eigenvalue weighted by molar-refractivity contribution is 0.102. The number of aryl methyl sites for hydroxylation is 1. The number of fused-ring (bicyclic) bond motifs is 2. The molecule has 0 aliphatic carbocycles. The van der Waals surface area contributed by atoms with Gasteiger partial charge in [-0.25, -0.2) is 9.37 Å². The normalized spacial score (nSPS) is 13.2. The number of rotatable bonds is 8. The van der Waals surface area contributed by atoms with Crippen molar-refractivity contribution in [3.8, 4) is 5.75 Å². The predicted molar refractivity (Wildman–Crippen MR) is 158 cm³/mol. The lowest BCUT2D eigenvalue weighted by Crippen LogP contribution is -2.44. The fourth-order valence-corrected chi connectivity index (χ4v) is 5.17. The standard InChI is InChI=1S/C29H38FN5O3Si/c1-18-14-20(30)23(16-25(18)38-39(6,7)29(2,3)4)32-22-10-11-31-27-26(22)28(37)34-24-15-19(8-9-21(24)33-27)17-35(5)12-13-36/h8-11,14-16,36H,12-13,17H2,1-7H3,(H,34,37)(H2,31,32,33). The first-order valence-electron chi connectivity index (χ1n) is 13.0. The second kappa shape index (κ2) is 11.0. The summed E-state index contributed by atoms with van der Waals surface area (Å²) >= 11 is 0. The number of carbonyl (C=O) groups excluding carboxylic acids is 1. The third-order valence-corrected chi connectivity index (χ3v) is 11.7. The van der Waals surface area contributed by atoms with Crippen LogP contribution in [0.4, 0.5) is 33.0 Å². The van der Waals surface area contributed by atoms with Gasteiger partial charge >= 0.3 is 0 Å². The van der Waals surface area contributed by atoms with Crippen LogP contribution in [0.2, 0.25) is 18.1 Å². The van der Waals surface area contributed by atoms with Crippen LogP contribution in [0.15, 0.2) is 42.6 Å². The van der Waals surface area contributed by atoms with Crippen LogP contribution in [0.3, 0.4) is 0 Å². The zero-order valence-electron chi connectivity index (χ0n) is 23.7. The maximum atomic E-state index is 15.2. The van der Waals surface area contributed by atoms with E-state index in [-0.39, 0.29) is 28.8 Å². The Hall–Kier alpha value is -3.47. The van der Waals surface area contributed by atoms with Gasteiger partial charge in [-0.1, -0.05) is 26.8 Å². The largest absolute Gasteiger partial charge is 0.543 e. The van der Waals surface area contributed by atoms with Crippen LogP contribution >= 0.6 is 0 Å². The quantitative estimate of drug-likeness (QED) is 0.241. The number of anilines is 5. The number of hydrogen-bond donors (Lipinski definition) is 4. The van der Waals surface area contributed by atoms with Crippen molar-refractivity contribution < 1.29 is 18.7 Å². The molecule has 2 aromatic carbocycles. The monoisotopic (exact) mass is 551 g/mol. The molecule has 0 bridgehead atoms. The number of likely N-dealkylation sites (N-methyl/N-ethyl adjacent to an activating group) is 1. The molecule has 0 unspecified atom stereocenters. The van der Waals surface area contributed by atoms with Crippen molar-refractivity contribution in [2.24, 2.45) is 0 Å². The summed E-state index contributed by atoms with van der Waals surface area (Å²) in [6.45, 7) is 13.8. The Labute approximate surface area is 230 Å². The Morgan fingerprint density at radius 1 is 1.10 bits per heavy atom. The van der Waals surface area contributed by atoms with Crippen molar-refractivity contribution in [2.45, 2.75) is 52.4 Å². The van der Waals surface area contributed by atoms with Crippen LogP contribution in [0.5, 0.6) is 5.75 Å². The van der Waals surface area contributed by atoms with Gasteiger partial charge in [-0.2, -0.15) is 0 Å². The van der Waals surface area contributed by atoms with Gasteiger partial charge in [-0.05, 0) is 67.5 Å². The highest BCUT2D eigenvalue weighted by atomic mass is 28.4. The van der Waals surface area contributed by atoms with E-state index >= 15 is 4.39 Å². The van der Waals surface area contributed by atoms with E-state index in [1.165, 1.54) is 6.07 Å². The van der Waals surface area contributed by atoms with Gasteiger partial charge < -0.3 is 25.5 Å². The Kier molecular flexibility index (Phi) is 8.01. The highest BCUT2D eigenvalue weighted by Crippen LogP contribution is 2.40. The number of pyridine rings is 1. The smallest absolute Gasteiger partial charge is 0.261 e. The summed E-state index contributed by atoms with van der Waals surface area (Å²) in [6, 6.07) is 10.5. The molecule has 1 aromatic heterocycles. The topological polar surface area (TPSA) is 98.8 Å². The fourth-order valence-electron chi connectivity index (χ4n) is 4.10. The number of nitrogens with one attached hydrogen (secondary N) is 3. The van der Waals surface area contributed by atoms with E-state index in [1.54, 1.807) is 18.3 Å². The van der Waals surface area contributed by atoms with Crippen molar-refractivity contribution >= 4 is 42.8 Å². The molecule has 0 fully saturated rings. The van der Waals surface area contributed by atoms with E-state index in [0.29, 0.717) is 47.3 Å². The molecule has 4 N–H and O–H groups in total. The van der Waals surface area contributed by atoms with Crippen molar-refractivity contribution in [3.05, 3.63) is 65.1 Å². The number of aromatic nitrogens is 1. The van der Waals surface area contributed by atoms with Gasteiger partial charge in [0.25, 0.3) is 5.91 Å². The highest BCUT2D eigenvalue weighted by molar-refractivity contribution is 6.74. The van der Waals surface area contributed by atoms with E-state index in [0.717, 1.165) is 5.56 Å². The van der Waals surface area contributed by atoms with Crippen LogP contribution in [0.1, 0.15) is 42.3 Å². The zero-order chi connectivity index (χ0) is 28.5. The minimum Gasteiger partial charge on any atom is -0.543 e. The van der Waals surface area contributed by atoms with Crippen molar-refractivity contribution in [2.75, 3.05) is 36.1 Å². The Morgan fingerprint density at radius 2 is 1.85 bits per heavy atom. The van der Waals surface area contributed by atoms with Crippen LogP contribution in [0, 0.1) is 12.7 Å². The van der Waals surface area contributed by atoms with Gasteiger partial charge in [-0.15, -0.1) is 0 Å². The minimum absolute atomic E-state index is 0.0171. The summed E-state index contributed by atoms with van der Waals surface area (Å²) in [7, 11) is -0.237. The van der Waals surface area contributed by atoms with Crippen LogP contribution in [-0.4, -0.2) is 49.4 Å². The summed E-state index contributed by atoms with van der Waals surface area (Å²) in [6.07, 6.45) is 1.57. The molecule has 39 heavy (non-hydrogen) atoms. The van der Waals surface area contributed by atoms with Gasteiger partial charge in [-0.3, -0.25) is 9.69 Å². The summed E-state index contributed by atoms with van der Waals surface area (Å²) in [4.78, 5) is 19.8. The molecular formula is C29H38FN5O3Si. The molecule has 208 valence electrons. The average molecular weight is 552 g/mol. The molecule has 1 aliphatic heterocycles. The molecule has 0 atom stereocenters. The summed E-state index contributed by atoms with van der Waals surface area (Å²) in [5.41, 5.74) is 3.93. The third kappa shape index (κ3) is 6.24. The number of amides is 1. The number of benzene rings is 2. The first kappa shape index (κ1) is 28.5. The van der Waals surface area contributed by atoms with E-state index in [2.05, 4.69) is 54.8 Å². The van der Waals surface area contributed by atoms with E-state index < -0.39 is 14.1 Å². The first-order valence-corrected chi connectivity index (χ1v) is 16.0. The Bertz CT molecular complexity index is 1390. The molecular weight excluding hydrogens is 513 g/mol. The SMILES string of the molecule is Cc1cc(F)c(Nc2ccnc3c2C(=O)Nc2cc(CN(C)CCO)ccc2N3)cc1O[Si](C)(C)C(C)(C)C. The van der Waals surface area contributed by atoms with E-state index in [1.807, 2.05) is 37.1 Å². The van der Waals surface area contributed by atoms with Crippen LogP contribution in [0.25, 0.3) is 0 Å². The maximum Gasteiger partial charge on any atom is 0.261 e. The number of aliphatic hydroxyl groups is 1. The second-order valence-electron chi connectivity index (χ2n) is 11.6. The first-order chi connectivity index (χ1) is 18.3. The van der Waals surface area contributed by atoms with Crippen molar-refractivity contribution in [1.29, 1.82) is 0 Å². The van der Waals surface area contributed by atoms with E-state index in [9.17, 15) is 9.90 Å². The zero-order valence-corrected chi connectivity index (χ0v) is 24.7. The summed E-state index contributed by atoms with van der Waals surface area (Å²) in [5, 5.41) is 18.5. The number of nitrogens with zero attached hydrogens (tertiary/aromatic N) is 2. The lowest BCUT2D eigenvalue weighted by atomic mass is 10.1. The molecule has 0 saturated heterocycles. The van der Waals surface area contributed by atoms with Gasteiger partial charge in [0, 0.05) is 25.4 Å². The molecule has 3 aromatic rings. The summed E-state index contributed by atoms with van der Waals surface area (Å²) in [5.74, 6) is 0.187. The molecule has 0 spiro atoms. The Morgan fingerprint density at radius 3 is 2.54 bits per heavy atom. The molecule has 0 radical (unpaired) electrons. The van der Waals surface area contributed by atoms with Gasteiger partial charge in [0.2, 0.25) is 8.32 Å². The average Bonchev–Trinajstić information content (AvgIpc) is 2.97. The molecule has 1 aliphatic rings. The molecule has 2 heterocycles. The Balaban J connectivity index is 1.64. The summed E-state index contributed by atoms with van der Waals surface area (Å²) < 4.78 is 21.6. The fraction of sp³-hybridized carbons (Fsp3) is 0.379. The second-order valence-corrected chi connectivity index (χ2v) is 16.3. The highest BCUT2D eigenvalue weighted by Gasteiger charge is 2.39. The third-order valence-electron chi connectivity index (χ3n) is 7.40. The predicted octanol–water partition coefficient (Wildman–Crippen LogP) is 6.39. The van der Waals surface area contributed by atoms with E-state index in [4.69, 9.17) is 4.43 Å². The molecule has 8 nitrogen and oxygen atoms in total. The number of halogens is 1. The number of aliphatic hydroxyl groups excluding tert-OH is 1. The number of hydrogen-bond acceptors (Lipinski definition) is 7. The molecule has 0 saturated carbocycles. The van der Waals surface area contributed by atoms with Gasteiger partial charge in [0.15, 0.2) is 0 Å². The molecule has 10 heteroatoms. The van der Waals surface area contributed by atoms with Crippen LogP contribution in [-0.2, 0) is 6.54 Å². The number of carbonyl (C=O) groups is 1. The molecule has 4 rings (SSSR count). The lowest BCUT2D eigenvalue weighted by Gasteiger charge is -2.37. The maximum absolute atomic E-state index is 15.2.